The lowest BCUT2D eigenvalue weighted by molar-refractivity contribution is 0.595. The van der Waals surface area contributed by atoms with E-state index in [1.807, 2.05) is 0 Å². The molecule has 0 fully saturated rings. The molecule has 13 heavy (non-hydrogen) atoms. The highest BCUT2D eigenvalue weighted by molar-refractivity contribution is 7.90. The van der Waals surface area contributed by atoms with Crippen LogP contribution in [0.1, 0.15) is 10.9 Å². The third kappa shape index (κ3) is 3.27. The molecule has 0 aromatic carbocycles. The van der Waals surface area contributed by atoms with Gasteiger partial charge in [0.2, 0.25) is 0 Å². The first-order valence-corrected chi connectivity index (χ1v) is 6.88. The lowest BCUT2D eigenvalue weighted by Crippen LogP contribution is -2.20. The van der Waals surface area contributed by atoms with Crippen LogP contribution >= 0.6 is 22.9 Å². The molecular formula is C7H10ClNO2S2. The molecule has 2 N–H and O–H groups in total. The van der Waals surface area contributed by atoms with Crippen LogP contribution in [0.4, 0.5) is 0 Å². The largest absolute Gasteiger partial charge is 0.322 e. The quantitative estimate of drug-likeness (QED) is 0.869. The Hall–Kier alpha value is -0.100. The van der Waals surface area contributed by atoms with Crippen LogP contribution < -0.4 is 5.73 Å². The zero-order valence-corrected chi connectivity index (χ0v) is 9.42. The molecule has 0 amide bonds. The van der Waals surface area contributed by atoms with Crippen LogP contribution in [0.5, 0.6) is 0 Å². The van der Waals surface area contributed by atoms with E-state index in [0.29, 0.717) is 5.02 Å². The molecule has 0 radical (unpaired) electrons. The molecule has 1 aromatic rings. The van der Waals surface area contributed by atoms with Crippen LogP contribution in [0, 0.1) is 0 Å². The lowest BCUT2D eigenvalue weighted by Gasteiger charge is -2.07. The highest BCUT2D eigenvalue weighted by Crippen LogP contribution is 2.27. The molecule has 0 saturated carbocycles. The molecule has 0 aliphatic rings. The van der Waals surface area contributed by atoms with Crippen molar-refractivity contribution in [1.29, 1.82) is 0 Å². The Balaban J connectivity index is 2.81. The first kappa shape index (κ1) is 11.0. The topological polar surface area (TPSA) is 60.2 Å². The fourth-order valence-electron chi connectivity index (χ4n) is 0.972. The molecule has 1 atom stereocenters. The molecule has 3 nitrogen and oxygen atoms in total. The van der Waals surface area contributed by atoms with Gasteiger partial charge >= 0.3 is 0 Å². The molecule has 0 aliphatic carbocycles. The van der Waals surface area contributed by atoms with Crippen LogP contribution in [0.2, 0.25) is 5.02 Å². The number of thiophene rings is 1. The van der Waals surface area contributed by atoms with Gasteiger partial charge < -0.3 is 5.73 Å². The van der Waals surface area contributed by atoms with Crippen molar-refractivity contribution in [2.75, 3.05) is 12.0 Å². The van der Waals surface area contributed by atoms with Crippen LogP contribution in [-0.4, -0.2) is 20.4 Å². The lowest BCUT2D eigenvalue weighted by atomic mass is 10.3. The molecule has 0 bridgehead atoms. The second-order valence-corrected chi connectivity index (χ2v) is 6.37. The Morgan fingerprint density at radius 1 is 1.69 bits per heavy atom. The minimum Gasteiger partial charge on any atom is -0.322 e. The monoisotopic (exact) mass is 239 g/mol. The zero-order valence-electron chi connectivity index (χ0n) is 7.03. The van der Waals surface area contributed by atoms with Gasteiger partial charge in [-0.3, -0.25) is 0 Å². The molecule has 0 unspecified atom stereocenters. The van der Waals surface area contributed by atoms with Crippen LogP contribution in [0.15, 0.2) is 11.4 Å². The van der Waals surface area contributed by atoms with Gasteiger partial charge in [-0.25, -0.2) is 8.42 Å². The predicted molar refractivity (Wildman–Crippen MR) is 56.0 cm³/mol. The highest BCUT2D eigenvalue weighted by atomic mass is 35.5. The van der Waals surface area contributed by atoms with Crippen molar-refractivity contribution in [3.8, 4) is 0 Å². The van der Waals surface area contributed by atoms with E-state index in [1.54, 1.807) is 11.4 Å². The molecule has 1 heterocycles. The maximum Gasteiger partial charge on any atom is 0.149 e. The number of rotatable bonds is 3. The Morgan fingerprint density at radius 2 is 2.31 bits per heavy atom. The fourth-order valence-corrected chi connectivity index (χ4v) is 3.10. The summed E-state index contributed by atoms with van der Waals surface area (Å²) in [6.07, 6.45) is 1.16. The van der Waals surface area contributed by atoms with Gasteiger partial charge in [0.05, 0.1) is 16.8 Å². The van der Waals surface area contributed by atoms with Crippen molar-refractivity contribution < 1.29 is 8.42 Å². The second kappa shape index (κ2) is 3.96. The average Bonchev–Trinajstić information content (AvgIpc) is 2.30. The average molecular weight is 240 g/mol. The van der Waals surface area contributed by atoms with E-state index in [1.165, 1.54) is 11.3 Å². The van der Waals surface area contributed by atoms with Gasteiger partial charge in [0.25, 0.3) is 0 Å². The Morgan fingerprint density at radius 3 is 2.69 bits per heavy atom. The van der Waals surface area contributed by atoms with E-state index in [-0.39, 0.29) is 5.75 Å². The number of hydrogen-bond donors (Lipinski definition) is 1. The second-order valence-electron chi connectivity index (χ2n) is 2.83. The van der Waals surface area contributed by atoms with Crippen LogP contribution in [0.3, 0.4) is 0 Å². The molecule has 0 aliphatic heterocycles. The van der Waals surface area contributed by atoms with Crippen LogP contribution in [-0.2, 0) is 9.84 Å². The first-order chi connectivity index (χ1) is 5.90. The third-order valence-corrected chi connectivity index (χ3v) is 3.92. The Kier molecular flexibility index (Phi) is 3.34. The number of hydrogen-bond acceptors (Lipinski definition) is 4. The molecule has 74 valence electrons. The summed E-state index contributed by atoms with van der Waals surface area (Å²) in [4.78, 5) is 0.729. The van der Waals surface area contributed by atoms with E-state index >= 15 is 0 Å². The van der Waals surface area contributed by atoms with E-state index in [4.69, 9.17) is 17.3 Å². The summed E-state index contributed by atoms with van der Waals surface area (Å²) in [7, 11) is -3.04. The summed E-state index contributed by atoms with van der Waals surface area (Å²) >= 11 is 7.18. The van der Waals surface area contributed by atoms with E-state index in [0.717, 1.165) is 11.1 Å². The standard InChI is InChI=1S/C7H10ClNO2S2/c1-13(10,11)4-6(9)7-5(8)2-3-12-7/h2-3,6H,4,9H2,1H3/t6-/m1/s1. The van der Waals surface area contributed by atoms with Gasteiger partial charge in [-0.15, -0.1) is 11.3 Å². The first-order valence-electron chi connectivity index (χ1n) is 3.56. The number of nitrogens with two attached hydrogens (primary N) is 1. The van der Waals surface area contributed by atoms with Gasteiger partial charge in [-0.05, 0) is 11.4 Å². The molecule has 1 aromatic heterocycles. The minimum absolute atomic E-state index is 0.0623. The van der Waals surface area contributed by atoms with Crippen molar-refractivity contribution in [1.82, 2.24) is 0 Å². The molecular weight excluding hydrogens is 230 g/mol. The van der Waals surface area contributed by atoms with Crippen LogP contribution in [0.25, 0.3) is 0 Å². The Labute approximate surface area is 86.4 Å². The SMILES string of the molecule is CS(=O)(=O)C[C@@H](N)c1sccc1Cl. The fraction of sp³-hybridized carbons (Fsp3) is 0.429. The summed E-state index contributed by atoms with van der Waals surface area (Å²) in [5.74, 6) is -0.0623. The maximum absolute atomic E-state index is 10.9. The summed E-state index contributed by atoms with van der Waals surface area (Å²) < 4.78 is 21.9. The molecule has 6 heteroatoms. The summed E-state index contributed by atoms with van der Waals surface area (Å²) in [6.45, 7) is 0. The van der Waals surface area contributed by atoms with Crippen molar-refractivity contribution in [3.63, 3.8) is 0 Å². The predicted octanol–water partition coefficient (Wildman–Crippen LogP) is 1.45. The maximum atomic E-state index is 10.9. The van der Waals surface area contributed by atoms with E-state index in [9.17, 15) is 8.42 Å². The van der Waals surface area contributed by atoms with Gasteiger partial charge in [0.15, 0.2) is 0 Å². The van der Waals surface area contributed by atoms with Gasteiger partial charge in [-0.2, -0.15) is 0 Å². The molecule has 1 rings (SSSR count). The summed E-state index contributed by atoms with van der Waals surface area (Å²) in [6, 6.07) is 1.20. The van der Waals surface area contributed by atoms with Gasteiger partial charge in [0, 0.05) is 11.1 Å². The number of halogens is 1. The van der Waals surface area contributed by atoms with Gasteiger partial charge in [-0.1, -0.05) is 11.6 Å². The van der Waals surface area contributed by atoms with Crippen molar-refractivity contribution in [3.05, 3.63) is 21.3 Å². The minimum atomic E-state index is -3.04. The third-order valence-electron chi connectivity index (χ3n) is 1.46. The Bertz CT molecular complexity index is 385. The number of sulfone groups is 1. The zero-order chi connectivity index (χ0) is 10.1. The smallest absolute Gasteiger partial charge is 0.149 e. The van der Waals surface area contributed by atoms with Crippen molar-refractivity contribution in [2.24, 2.45) is 5.73 Å². The highest BCUT2D eigenvalue weighted by Gasteiger charge is 2.16. The molecule has 0 saturated heterocycles. The van der Waals surface area contributed by atoms with Gasteiger partial charge in [0.1, 0.15) is 9.84 Å². The normalized spacial score (nSPS) is 14.4. The molecule has 0 spiro atoms. The summed E-state index contributed by atoms with van der Waals surface area (Å²) in [5, 5.41) is 2.33. The van der Waals surface area contributed by atoms with E-state index < -0.39 is 15.9 Å². The van der Waals surface area contributed by atoms with Crippen molar-refractivity contribution >= 4 is 32.8 Å². The van der Waals surface area contributed by atoms with E-state index in [2.05, 4.69) is 0 Å². The summed E-state index contributed by atoms with van der Waals surface area (Å²) in [5.41, 5.74) is 5.67. The van der Waals surface area contributed by atoms with Crippen molar-refractivity contribution in [2.45, 2.75) is 6.04 Å².